The van der Waals surface area contributed by atoms with Gasteiger partial charge in [-0.3, -0.25) is 9.52 Å². The maximum absolute atomic E-state index is 12.6. The molecule has 2 N–H and O–H groups in total. The molecule has 3 rings (SSSR count). The normalized spacial score (nSPS) is 11.2. The second kappa shape index (κ2) is 9.27. The zero-order valence-electron chi connectivity index (χ0n) is 15.7. The first-order chi connectivity index (χ1) is 14.2. The molecule has 0 aromatic heterocycles. The van der Waals surface area contributed by atoms with Crippen molar-refractivity contribution in [2.45, 2.75) is 18.2 Å². The van der Waals surface area contributed by atoms with E-state index in [1.54, 1.807) is 42.5 Å². The van der Waals surface area contributed by atoms with Gasteiger partial charge in [-0.25, -0.2) is 8.42 Å². The number of anilines is 2. The number of aryl methyl sites for hydroxylation is 1. The van der Waals surface area contributed by atoms with Gasteiger partial charge >= 0.3 is 0 Å². The summed E-state index contributed by atoms with van der Waals surface area (Å²) in [6.07, 6.45) is 0.120. The Morgan fingerprint density at radius 1 is 0.933 bits per heavy atom. The first kappa shape index (κ1) is 22.4. The van der Waals surface area contributed by atoms with Gasteiger partial charge < -0.3 is 5.32 Å². The van der Waals surface area contributed by atoms with E-state index < -0.39 is 10.0 Å². The molecule has 9 heteroatoms. The van der Waals surface area contributed by atoms with Crippen LogP contribution < -0.4 is 10.0 Å². The average Bonchev–Trinajstić information content (AvgIpc) is 2.65. The quantitative estimate of drug-likeness (QED) is 0.456. The minimum Gasteiger partial charge on any atom is -0.326 e. The highest BCUT2D eigenvalue weighted by molar-refractivity contribution is 7.93. The predicted molar refractivity (Wildman–Crippen MR) is 122 cm³/mol. The molecule has 1 amide bonds. The molecule has 0 saturated carbocycles. The van der Waals surface area contributed by atoms with Gasteiger partial charge in [0.25, 0.3) is 10.0 Å². The van der Waals surface area contributed by atoms with Crippen LogP contribution in [-0.2, 0) is 21.2 Å². The highest BCUT2D eigenvalue weighted by atomic mass is 35.5. The molecular weight excluding hydrogens is 467 g/mol. The molecule has 5 nitrogen and oxygen atoms in total. The molecular formula is C21H17Cl3N2O3S. The topological polar surface area (TPSA) is 75.3 Å². The van der Waals surface area contributed by atoms with E-state index >= 15 is 0 Å². The predicted octanol–water partition coefficient (Wildman–Crippen LogP) is 5.94. The van der Waals surface area contributed by atoms with Crippen molar-refractivity contribution >= 4 is 62.1 Å². The Morgan fingerprint density at radius 3 is 2.20 bits per heavy atom. The molecule has 0 aliphatic carbocycles. The second-order valence-corrected chi connectivity index (χ2v) is 9.41. The Labute approximate surface area is 190 Å². The molecule has 0 aliphatic heterocycles. The smallest absolute Gasteiger partial charge is 0.264 e. The minimum atomic E-state index is -3.97. The van der Waals surface area contributed by atoms with Crippen molar-refractivity contribution in [2.75, 3.05) is 10.0 Å². The van der Waals surface area contributed by atoms with E-state index in [-0.39, 0.29) is 27.3 Å². The number of hydrogen-bond donors (Lipinski definition) is 2. The Kier molecular flexibility index (Phi) is 6.93. The van der Waals surface area contributed by atoms with Gasteiger partial charge in [-0.15, -0.1) is 0 Å². The van der Waals surface area contributed by atoms with Gasteiger partial charge in [0.1, 0.15) is 4.90 Å². The van der Waals surface area contributed by atoms with E-state index in [2.05, 4.69) is 10.0 Å². The maximum Gasteiger partial charge on any atom is 0.264 e. The maximum atomic E-state index is 12.6. The summed E-state index contributed by atoms with van der Waals surface area (Å²) in [5.74, 6) is -0.212. The van der Waals surface area contributed by atoms with Crippen LogP contribution in [0.1, 0.15) is 11.1 Å². The van der Waals surface area contributed by atoms with Gasteiger partial charge in [-0.2, -0.15) is 0 Å². The molecule has 156 valence electrons. The number of carbonyl (C=O) groups excluding carboxylic acids is 1. The first-order valence-corrected chi connectivity index (χ1v) is 11.4. The summed E-state index contributed by atoms with van der Waals surface area (Å²) in [5, 5.41) is 3.41. The van der Waals surface area contributed by atoms with E-state index in [0.29, 0.717) is 22.0 Å². The van der Waals surface area contributed by atoms with Crippen LogP contribution in [0.3, 0.4) is 0 Å². The summed E-state index contributed by atoms with van der Waals surface area (Å²) in [6.45, 7) is 1.87. The van der Waals surface area contributed by atoms with Gasteiger partial charge in [0.15, 0.2) is 0 Å². The van der Waals surface area contributed by atoms with Gasteiger partial charge in [-0.05, 0) is 54.4 Å². The van der Waals surface area contributed by atoms with Crippen LogP contribution in [-0.4, -0.2) is 14.3 Å². The number of hydrogen-bond acceptors (Lipinski definition) is 3. The minimum absolute atomic E-state index is 0.0274. The Balaban J connectivity index is 1.69. The van der Waals surface area contributed by atoms with Crippen LogP contribution in [0.5, 0.6) is 0 Å². The SMILES string of the molecule is Cc1ccc(Cl)cc1NC(=O)Cc1ccc(NS(=O)(=O)c2c(Cl)cccc2Cl)cc1. The van der Waals surface area contributed by atoms with Crippen LogP contribution in [0.4, 0.5) is 11.4 Å². The zero-order chi connectivity index (χ0) is 21.9. The number of sulfonamides is 1. The first-order valence-electron chi connectivity index (χ1n) is 8.77. The molecule has 0 aliphatic rings. The van der Waals surface area contributed by atoms with E-state index in [1.807, 2.05) is 13.0 Å². The average molecular weight is 484 g/mol. The molecule has 0 unspecified atom stereocenters. The Hall–Kier alpha value is -2.25. The largest absolute Gasteiger partial charge is 0.326 e. The number of benzene rings is 3. The van der Waals surface area contributed by atoms with Gasteiger partial charge in [-0.1, -0.05) is 59.1 Å². The number of rotatable bonds is 6. The van der Waals surface area contributed by atoms with E-state index in [1.165, 1.54) is 12.1 Å². The number of carbonyl (C=O) groups is 1. The van der Waals surface area contributed by atoms with Crippen molar-refractivity contribution < 1.29 is 13.2 Å². The molecule has 0 spiro atoms. The summed E-state index contributed by atoms with van der Waals surface area (Å²) in [6, 6.07) is 16.2. The molecule has 0 heterocycles. The summed E-state index contributed by atoms with van der Waals surface area (Å²) in [5.41, 5.74) is 2.58. The molecule has 0 bridgehead atoms. The van der Waals surface area contributed by atoms with Crippen molar-refractivity contribution in [3.05, 3.63) is 86.9 Å². The van der Waals surface area contributed by atoms with E-state index in [4.69, 9.17) is 34.8 Å². The summed E-state index contributed by atoms with van der Waals surface area (Å²) in [4.78, 5) is 12.1. The second-order valence-electron chi connectivity index (χ2n) is 6.54. The molecule has 0 saturated heterocycles. The molecule has 0 atom stereocenters. The van der Waals surface area contributed by atoms with Crippen LogP contribution in [0, 0.1) is 6.92 Å². The lowest BCUT2D eigenvalue weighted by molar-refractivity contribution is -0.115. The van der Waals surface area contributed by atoms with Gasteiger partial charge in [0.2, 0.25) is 5.91 Å². The summed E-state index contributed by atoms with van der Waals surface area (Å²) < 4.78 is 27.7. The van der Waals surface area contributed by atoms with Crippen molar-refractivity contribution in [1.82, 2.24) is 0 Å². The van der Waals surface area contributed by atoms with Crippen LogP contribution >= 0.6 is 34.8 Å². The van der Waals surface area contributed by atoms with Crippen LogP contribution in [0.2, 0.25) is 15.1 Å². The van der Waals surface area contributed by atoms with Gasteiger partial charge in [0.05, 0.1) is 16.5 Å². The van der Waals surface area contributed by atoms with Crippen LogP contribution in [0.25, 0.3) is 0 Å². The zero-order valence-corrected chi connectivity index (χ0v) is 18.8. The van der Waals surface area contributed by atoms with Crippen molar-refractivity contribution in [1.29, 1.82) is 0 Å². The molecule has 3 aromatic rings. The van der Waals surface area contributed by atoms with Crippen LogP contribution in [0.15, 0.2) is 65.6 Å². The lowest BCUT2D eigenvalue weighted by Gasteiger charge is -2.12. The number of amides is 1. The molecule has 0 fully saturated rings. The summed E-state index contributed by atoms with van der Waals surface area (Å²) >= 11 is 18.0. The lowest BCUT2D eigenvalue weighted by Crippen LogP contribution is -2.16. The van der Waals surface area contributed by atoms with Crippen molar-refractivity contribution in [3.8, 4) is 0 Å². The molecule has 3 aromatic carbocycles. The molecule has 0 radical (unpaired) electrons. The fourth-order valence-corrected chi connectivity index (χ4v) is 5.12. The van der Waals surface area contributed by atoms with Gasteiger partial charge in [0, 0.05) is 16.4 Å². The van der Waals surface area contributed by atoms with E-state index in [0.717, 1.165) is 5.56 Å². The molecule has 30 heavy (non-hydrogen) atoms. The highest BCUT2D eigenvalue weighted by Gasteiger charge is 2.21. The third-order valence-corrected chi connectivity index (χ3v) is 6.80. The Bertz CT molecular complexity index is 1180. The Morgan fingerprint density at radius 2 is 1.57 bits per heavy atom. The third-order valence-electron chi connectivity index (χ3n) is 4.23. The van der Waals surface area contributed by atoms with Crippen molar-refractivity contribution in [3.63, 3.8) is 0 Å². The fourth-order valence-electron chi connectivity index (χ4n) is 2.74. The van der Waals surface area contributed by atoms with Crippen molar-refractivity contribution in [2.24, 2.45) is 0 Å². The summed E-state index contributed by atoms with van der Waals surface area (Å²) in [7, 11) is -3.97. The third kappa shape index (κ3) is 5.46. The highest BCUT2D eigenvalue weighted by Crippen LogP contribution is 2.30. The fraction of sp³-hybridized carbons (Fsp3) is 0.0952. The number of nitrogens with one attached hydrogen (secondary N) is 2. The van der Waals surface area contributed by atoms with E-state index in [9.17, 15) is 13.2 Å². The standard InChI is InChI=1S/C21H17Cl3N2O3S/c1-13-5-8-15(22)12-19(13)25-20(27)11-14-6-9-16(10-7-14)26-30(28,29)21-17(23)3-2-4-18(21)24/h2-10,12,26H,11H2,1H3,(H,25,27). The lowest BCUT2D eigenvalue weighted by atomic mass is 10.1. The number of halogens is 3. The monoisotopic (exact) mass is 482 g/mol.